The molecule has 0 aliphatic carbocycles. The van der Waals surface area contributed by atoms with Gasteiger partial charge in [0.15, 0.2) is 6.10 Å². The number of allylic oxidation sites excluding steroid dienone is 26. The zero-order chi connectivity index (χ0) is 59.9. The minimum Gasteiger partial charge on any atom is -0.462 e. The Labute approximate surface area is 511 Å². The minimum absolute atomic E-state index is 0.0988. The molecule has 0 aromatic heterocycles. The number of esters is 3. The fraction of sp³-hybridized carbons (Fsp3) is 0.623. The maximum atomic E-state index is 13.0. The first-order chi connectivity index (χ1) is 41.0. The SMILES string of the molecule is CC/C=C\C/C=C\C/C=C\C/C=C\C/C=C\C/C=C\C/C=C\CCCCCCCC(=O)OCC(COC(=O)CCCCCCC/C=C\C/C=C\CCCCC)OC(=O)CCCCCCCCCCCC/C=C\C/C=C\C/C=C\C/C=C\CC. The first-order valence-corrected chi connectivity index (χ1v) is 34.0. The van der Waals surface area contributed by atoms with E-state index in [2.05, 4.69) is 179 Å². The van der Waals surface area contributed by atoms with Crippen molar-refractivity contribution in [3.05, 3.63) is 158 Å². The molecule has 0 aromatic rings. The molecule has 0 aliphatic heterocycles. The van der Waals surface area contributed by atoms with E-state index in [-0.39, 0.29) is 31.1 Å². The van der Waals surface area contributed by atoms with E-state index in [4.69, 9.17) is 14.2 Å². The Hall–Kier alpha value is -4.97. The smallest absolute Gasteiger partial charge is 0.306 e. The monoisotopic (exact) mass is 1140 g/mol. The van der Waals surface area contributed by atoms with E-state index in [0.29, 0.717) is 19.3 Å². The van der Waals surface area contributed by atoms with Gasteiger partial charge in [-0.25, -0.2) is 0 Å². The van der Waals surface area contributed by atoms with Gasteiger partial charge in [0, 0.05) is 19.3 Å². The molecule has 0 rings (SSSR count). The van der Waals surface area contributed by atoms with Crippen LogP contribution in [0.2, 0.25) is 0 Å². The Balaban J connectivity index is 4.44. The summed E-state index contributed by atoms with van der Waals surface area (Å²) in [7, 11) is 0. The number of hydrogen-bond donors (Lipinski definition) is 0. The largest absolute Gasteiger partial charge is 0.462 e. The van der Waals surface area contributed by atoms with Crippen LogP contribution < -0.4 is 0 Å². The number of rotatable bonds is 60. The van der Waals surface area contributed by atoms with Crippen molar-refractivity contribution >= 4 is 17.9 Å². The van der Waals surface area contributed by atoms with Crippen LogP contribution in [0.3, 0.4) is 0 Å². The molecule has 0 fully saturated rings. The van der Waals surface area contributed by atoms with E-state index in [1.165, 1.54) is 77.0 Å². The highest BCUT2D eigenvalue weighted by atomic mass is 16.6. The van der Waals surface area contributed by atoms with E-state index in [0.717, 1.165) is 173 Å². The van der Waals surface area contributed by atoms with Gasteiger partial charge in [0.2, 0.25) is 0 Å². The van der Waals surface area contributed by atoms with Crippen molar-refractivity contribution in [2.45, 2.75) is 297 Å². The predicted octanol–water partition coefficient (Wildman–Crippen LogP) is 23.7. The van der Waals surface area contributed by atoms with Crippen LogP contribution in [0.25, 0.3) is 0 Å². The van der Waals surface area contributed by atoms with Gasteiger partial charge in [-0.2, -0.15) is 0 Å². The first-order valence-electron chi connectivity index (χ1n) is 34.0. The lowest BCUT2D eigenvalue weighted by Gasteiger charge is -2.18. The number of ether oxygens (including phenoxy) is 3. The van der Waals surface area contributed by atoms with Gasteiger partial charge in [0.1, 0.15) is 13.2 Å². The summed E-state index contributed by atoms with van der Waals surface area (Å²) in [5.74, 6) is -0.934. The molecule has 83 heavy (non-hydrogen) atoms. The van der Waals surface area contributed by atoms with Crippen molar-refractivity contribution in [3.63, 3.8) is 0 Å². The Morgan fingerprint density at radius 3 is 0.735 bits per heavy atom. The van der Waals surface area contributed by atoms with Crippen molar-refractivity contribution in [3.8, 4) is 0 Å². The van der Waals surface area contributed by atoms with Crippen LogP contribution >= 0.6 is 0 Å². The second kappa shape index (κ2) is 69.5. The highest BCUT2D eigenvalue weighted by Crippen LogP contribution is 2.15. The second-order valence-corrected chi connectivity index (χ2v) is 22.0. The molecule has 0 aliphatic rings. The van der Waals surface area contributed by atoms with Crippen molar-refractivity contribution in [1.82, 2.24) is 0 Å². The van der Waals surface area contributed by atoms with Gasteiger partial charge in [-0.05, 0) is 148 Å². The Morgan fingerprint density at radius 1 is 0.253 bits per heavy atom. The van der Waals surface area contributed by atoms with E-state index in [9.17, 15) is 14.4 Å². The summed E-state index contributed by atoms with van der Waals surface area (Å²) in [4.78, 5) is 38.4. The Bertz CT molecular complexity index is 1840. The molecule has 0 spiro atoms. The Kier molecular flexibility index (Phi) is 65.4. The fourth-order valence-electron chi connectivity index (χ4n) is 8.97. The number of carbonyl (C=O) groups is 3. The first kappa shape index (κ1) is 78.0. The average molecular weight is 1150 g/mol. The molecular weight excluding hydrogens is 1020 g/mol. The third-order valence-electron chi connectivity index (χ3n) is 14.0. The van der Waals surface area contributed by atoms with Crippen molar-refractivity contribution in [2.24, 2.45) is 0 Å². The van der Waals surface area contributed by atoms with Gasteiger partial charge >= 0.3 is 17.9 Å². The zero-order valence-corrected chi connectivity index (χ0v) is 53.7. The molecule has 0 saturated carbocycles. The maximum Gasteiger partial charge on any atom is 0.306 e. The molecule has 0 amide bonds. The number of hydrogen-bond acceptors (Lipinski definition) is 6. The summed E-state index contributed by atoms with van der Waals surface area (Å²) in [6.45, 7) is 6.36. The quantitative estimate of drug-likeness (QED) is 0.0261. The van der Waals surface area contributed by atoms with Crippen LogP contribution in [0.1, 0.15) is 290 Å². The third kappa shape index (κ3) is 67.7. The average Bonchev–Trinajstić information content (AvgIpc) is 3.49. The maximum absolute atomic E-state index is 13.0. The summed E-state index contributed by atoms with van der Waals surface area (Å²) < 4.78 is 16.9. The van der Waals surface area contributed by atoms with Crippen LogP contribution in [0.15, 0.2) is 158 Å². The van der Waals surface area contributed by atoms with Gasteiger partial charge in [-0.15, -0.1) is 0 Å². The van der Waals surface area contributed by atoms with Crippen molar-refractivity contribution in [1.29, 1.82) is 0 Å². The van der Waals surface area contributed by atoms with Crippen LogP contribution in [0.5, 0.6) is 0 Å². The van der Waals surface area contributed by atoms with Gasteiger partial charge in [-0.1, -0.05) is 281 Å². The predicted molar refractivity (Wildman–Crippen MR) is 362 cm³/mol. The summed E-state index contributed by atoms with van der Waals surface area (Å²) in [6, 6.07) is 0. The number of unbranched alkanes of at least 4 members (excludes halogenated alkanes) is 23. The topological polar surface area (TPSA) is 78.9 Å². The lowest BCUT2D eigenvalue weighted by molar-refractivity contribution is -0.167. The summed E-state index contributed by atoms with van der Waals surface area (Å²) in [6.07, 6.45) is 101. The van der Waals surface area contributed by atoms with Crippen LogP contribution in [0.4, 0.5) is 0 Å². The van der Waals surface area contributed by atoms with Gasteiger partial charge in [0.25, 0.3) is 0 Å². The molecule has 468 valence electrons. The zero-order valence-electron chi connectivity index (χ0n) is 53.7. The Morgan fingerprint density at radius 2 is 0.470 bits per heavy atom. The molecule has 1 atom stereocenters. The van der Waals surface area contributed by atoms with Crippen LogP contribution in [-0.2, 0) is 28.6 Å². The summed E-state index contributed by atoms with van der Waals surface area (Å²) in [5, 5.41) is 0. The van der Waals surface area contributed by atoms with Gasteiger partial charge in [0.05, 0.1) is 0 Å². The molecule has 0 saturated heterocycles. The fourth-order valence-corrected chi connectivity index (χ4v) is 8.97. The van der Waals surface area contributed by atoms with E-state index < -0.39 is 6.10 Å². The summed E-state index contributed by atoms with van der Waals surface area (Å²) in [5.41, 5.74) is 0. The molecule has 6 heteroatoms. The van der Waals surface area contributed by atoms with Crippen LogP contribution in [0, 0.1) is 0 Å². The number of carbonyl (C=O) groups excluding carboxylic acids is 3. The molecule has 0 aromatic carbocycles. The van der Waals surface area contributed by atoms with E-state index in [1.54, 1.807) is 0 Å². The molecular formula is C77H124O6. The standard InChI is InChI=1S/C77H124O6/c1-4-7-10-13-16-19-22-25-28-30-32-34-36-37-38-39-41-42-44-46-49-52-55-58-61-64-67-70-76(79)82-73-74(72-81-75(78)69-66-63-60-57-54-51-48-27-24-21-18-15-12-9-6-3)83-77(80)71-68-65-62-59-56-53-50-47-45-43-40-35-33-31-29-26-23-20-17-14-11-8-5-2/h7-8,10-11,16-21,25-29,32-35,37-38,41-42,46,48-49,74H,4-6,9,12-15,22-24,30-31,36,39-40,43-45,47,50-73H2,1-3H3/b10-7-,11-8-,19-16-,20-17-,21-18-,28-25-,29-26-,34-32-,35-33-,38-37-,42-41-,48-27-,49-46-. The van der Waals surface area contributed by atoms with Gasteiger partial charge < -0.3 is 14.2 Å². The van der Waals surface area contributed by atoms with Crippen LogP contribution in [-0.4, -0.2) is 37.2 Å². The molecule has 0 N–H and O–H groups in total. The van der Waals surface area contributed by atoms with E-state index in [1.807, 2.05) is 0 Å². The molecule has 1 unspecified atom stereocenters. The summed E-state index contributed by atoms with van der Waals surface area (Å²) >= 11 is 0. The van der Waals surface area contributed by atoms with Gasteiger partial charge in [-0.3, -0.25) is 14.4 Å². The highest BCUT2D eigenvalue weighted by molar-refractivity contribution is 5.71. The third-order valence-corrected chi connectivity index (χ3v) is 14.0. The molecule has 0 radical (unpaired) electrons. The lowest BCUT2D eigenvalue weighted by atomic mass is 10.0. The highest BCUT2D eigenvalue weighted by Gasteiger charge is 2.19. The normalized spacial score (nSPS) is 13.1. The lowest BCUT2D eigenvalue weighted by Crippen LogP contribution is -2.30. The molecule has 0 heterocycles. The molecule has 6 nitrogen and oxygen atoms in total. The molecule has 0 bridgehead atoms. The van der Waals surface area contributed by atoms with E-state index >= 15 is 0 Å². The van der Waals surface area contributed by atoms with Crippen molar-refractivity contribution in [2.75, 3.05) is 13.2 Å². The minimum atomic E-state index is -0.804. The van der Waals surface area contributed by atoms with Crippen molar-refractivity contribution < 1.29 is 28.6 Å². The second-order valence-electron chi connectivity index (χ2n) is 22.0.